The summed E-state index contributed by atoms with van der Waals surface area (Å²) in [4.78, 5) is 18.4. The molecule has 170 valence electrons. The van der Waals surface area contributed by atoms with Crippen LogP contribution < -0.4 is 10.1 Å². The molecule has 0 aliphatic carbocycles. The van der Waals surface area contributed by atoms with Gasteiger partial charge in [0.1, 0.15) is 5.75 Å². The Kier molecular flexibility index (Phi) is 6.07. The Hall–Kier alpha value is -4.39. The second-order valence-electron chi connectivity index (χ2n) is 7.90. The Morgan fingerprint density at radius 2 is 1.74 bits per heavy atom. The maximum absolute atomic E-state index is 12.9. The van der Waals surface area contributed by atoms with Crippen molar-refractivity contribution >= 4 is 11.6 Å². The van der Waals surface area contributed by atoms with E-state index in [2.05, 4.69) is 10.5 Å². The average molecular weight is 453 g/mol. The van der Waals surface area contributed by atoms with Crippen molar-refractivity contribution in [3.8, 4) is 22.7 Å². The van der Waals surface area contributed by atoms with Crippen LogP contribution in [-0.4, -0.2) is 34.6 Å². The lowest BCUT2D eigenvalue weighted by Gasteiger charge is -2.10. The molecular formula is C27H24N4O3. The van der Waals surface area contributed by atoms with Crippen molar-refractivity contribution in [1.82, 2.24) is 15.1 Å². The van der Waals surface area contributed by atoms with Gasteiger partial charge >= 0.3 is 0 Å². The summed E-state index contributed by atoms with van der Waals surface area (Å²) in [7, 11) is 1.61. The molecule has 1 N–H and O–H groups in total. The number of hydrogen-bond donors (Lipinski definition) is 1. The Morgan fingerprint density at radius 1 is 1.03 bits per heavy atom. The number of rotatable bonds is 7. The van der Waals surface area contributed by atoms with E-state index >= 15 is 0 Å². The van der Waals surface area contributed by atoms with E-state index in [0.29, 0.717) is 24.4 Å². The van der Waals surface area contributed by atoms with Gasteiger partial charge in [0.15, 0.2) is 0 Å². The molecule has 1 unspecified atom stereocenters. The van der Waals surface area contributed by atoms with Crippen molar-refractivity contribution in [2.75, 3.05) is 7.11 Å². The summed E-state index contributed by atoms with van der Waals surface area (Å²) < 4.78 is 7.24. The molecule has 5 rings (SSSR count). The zero-order valence-corrected chi connectivity index (χ0v) is 18.7. The lowest BCUT2D eigenvalue weighted by molar-refractivity contribution is -0.131. The van der Waals surface area contributed by atoms with Gasteiger partial charge in [-0.25, -0.2) is 4.68 Å². The SMILES string of the molecule is COc1ccccc1C1=NOC(C(=O)NCc2cn(-c3ccccc3)nc2-c2ccccc2)C1. The molecule has 2 heterocycles. The smallest absolute Gasteiger partial charge is 0.264 e. The first kappa shape index (κ1) is 21.5. The number of hydrogen-bond acceptors (Lipinski definition) is 5. The van der Waals surface area contributed by atoms with Gasteiger partial charge in [0.25, 0.3) is 5.91 Å². The van der Waals surface area contributed by atoms with Crippen LogP contribution >= 0.6 is 0 Å². The molecule has 7 nitrogen and oxygen atoms in total. The predicted octanol–water partition coefficient (Wildman–Crippen LogP) is 4.36. The zero-order valence-electron chi connectivity index (χ0n) is 18.7. The van der Waals surface area contributed by atoms with Crippen molar-refractivity contribution in [1.29, 1.82) is 0 Å². The number of nitrogens with zero attached hydrogens (tertiary/aromatic N) is 3. The maximum atomic E-state index is 12.9. The molecule has 4 aromatic rings. The highest BCUT2D eigenvalue weighted by atomic mass is 16.6. The Bertz CT molecular complexity index is 1320. The summed E-state index contributed by atoms with van der Waals surface area (Å²) in [6, 6.07) is 27.4. The number of ether oxygens (including phenoxy) is 1. The quantitative estimate of drug-likeness (QED) is 0.452. The maximum Gasteiger partial charge on any atom is 0.264 e. The molecule has 1 aromatic heterocycles. The molecule has 7 heteroatoms. The first-order valence-corrected chi connectivity index (χ1v) is 11.1. The van der Waals surface area contributed by atoms with Gasteiger partial charge in [0.2, 0.25) is 6.10 Å². The van der Waals surface area contributed by atoms with Crippen LogP contribution in [0.15, 0.2) is 96.3 Å². The normalized spacial score (nSPS) is 14.9. The van der Waals surface area contributed by atoms with Crippen LogP contribution in [0.2, 0.25) is 0 Å². The molecule has 1 aliphatic heterocycles. The van der Waals surface area contributed by atoms with Crippen molar-refractivity contribution < 1.29 is 14.4 Å². The van der Waals surface area contributed by atoms with E-state index in [4.69, 9.17) is 14.7 Å². The number of benzene rings is 3. The Balaban J connectivity index is 1.31. The van der Waals surface area contributed by atoms with Crippen LogP contribution in [0.25, 0.3) is 16.9 Å². The average Bonchev–Trinajstić information content (AvgIpc) is 3.56. The van der Waals surface area contributed by atoms with Gasteiger partial charge in [-0.15, -0.1) is 0 Å². The van der Waals surface area contributed by atoms with E-state index in [0.717, 1.165) is 28.1 Å². The van der Waals surface area contributed by atoms with Gasteiger partial charge in [-0.05, 0) is 24.3 Å². The molecule has 0 saturated heterocycles. The van der Waals surface area contributed by atoms with Gasteiger partial charge in [0.05, 0.1) is 24.2 Å². The van der Waals surface area contributed by atoms with Gasteiger partial charge < -0.3 is 14.9 Å². The summed E-state index contributed by atoms with van der Waals surface area (Å²) in [6.45, 7) is 0.319. The van der Waals surface area contributed by atoms with Crippen molar-refractivity contribution in [2.45, 2.75) is 19.1 Å². The van der Waals surface area contributed by atoms with Gasteiger partial charge in [-0.2, -0.15) is 5.10 Å². The number of carbonyl (C=O) groups excluding carboxylic acids is 1. The van der Waals surface area contributed by atoms with Crippen LogP contribution in [0.5, 0.6) is 5.75 Å². The summed E-state index contributed by atoms with van der Waals surface area (Å²) in [5, 5.41) is 11.9. The molecule has 0 bridgehead atoms. The van der Waals surface area contributed by atoms with E-state index in [-0.39, 0.29) is 5.91 Å². The van der Waals surface area contributed by atoms with E-state index in [1.807, 2.05) is 95.8 Å². The fraction of sp³-hybridized carbons (Fsp3) is 0.148. The third-order valence-corrected chi connectivity index (χ3v) is 5.69. The summed E-state index contributed by atoms with van der Waals surface area (Å²) >= 11 is 0. The molecular weight excluding hydrogens is 428 g/mol. The molecule has 0 saturated carbocycles. The van der Waals surface area contributed by atoms with Crippen molar-refractivity contribution in [2.24, 2.45) is 5.16 Å². The minimum atomic E-state index is -0.691. The van der Waals surface area contributed by atoms with Gasteiger partial charge in [-0.1, -0.05) is 65.8 Å². The van der Waals surface area contributed by atoms with Crippen LogP contribution in [0.4, 0.5) is 0 Å². The number of carbonyl (C=O) groups is 1. The van der Waals surface area contributed by atoms with Crippen LogP contribution in [0.1, 0.15) is 17.5 Å². The minimum Gasteiger partial charge on any atom is -0.496 e. The highest BCUT2D eigenvalue weighted by Crippen LogP contribution is 2.26. The number of oxime groups is 1. The topological polar surface area (TPSA) is 77.7 Å². The molecule has 1 atom stereocenters. The van der Waals surface area contributed by atoms with Crippen LogP contribution in [0.3, 0.4) is 0 Å². The molecule has 0 fully saturated rings. The molecule has 34 heavy (non-hydrogen) atoms. The van der Waals surface area contributed by atoms with Gasteiger partial charge in [-0.3, -0.25) is 4.79 Å². The first-order chi connectivity index (χ1) is 16.7. The Labute approximate surface area is 197 Å². The number of methoxy groups -OCH3 is 1. The Morgan fingerprint density at radius 3 is 2.50 bits per heavy atom. The predicted molar refractivity (Wildman–Crippen MR) is 130 cm³/mol. The molecule has 0 radical (unpaired) electrons. The zero-order chi connectivity index (χ0) is 23.3. The highest BCUT2D eigenvalue weighted by molar-refractivity contribution is 6.05. The van der Waals surface area contributed by atoms with Gasteiger partial charge in [0, 0.05) is 35.9 Å². The summed E-state index contributed by atoms with van der Waals surface area (Å²) in [6.07, 6.45) is 1.63. The lowest BCUT2D eigenvalue weighted by atomic mass is 10.0. The van der Waals surface area contributed by atoms with Crippen molar-refractivity contribution in [3.05, 3.63) is 102 Å². The summed E-state index contributed by atoms with van der Waals surface area (Å²) in [5.74, 6) is 0.479. The minimum absolute atomic E-state index is 0.222. The third-order valence-electron chi connectivity index (χ3n) is 5.69. The number of para-hydroxylation sites is 2. The second-order valence-corrected chi connectivity index (χ2v) is 7.90. The largest absolute Gasteiger partial charge is 0.496 e. The first-order valence-electron chi connectivity index (χ1n) is 11.1. The molecule has 1 amide bonds. The standard InChI is InChI=1S/C27H24N4O3/c1-33-24-15-9-8-14-22(24)23-16-25(34-30-23)27(32)28-17-20-18-31(21-12-6-3-7-13-21)29-26(20)19-10-4-2-5-11-19/h2-15,18,25H,16-17H2,1H3,(H,28,32). The second kappa shape index (κ2) is 9.62. The highest BCUT2D eigenvalue weighted by Gasteiger charge is 2.30. The van der Waals surface area contributed by atoms with E-state index in [9.17, 15) is 4.79 Å². The van der Waals surface area contributed by atoms with Crippen LogP contribution in [0, 0.1) is 0 Å². The summed E-state index contributed by atoms with van der Waals surface area (Å²) in [5.41, 5.74) is 5.19. The fourth-order valence-corrected chi connectivity index (χ4v) is 3.95. The molecule has 1 aliphatic rings. The number of amides is 1. The molecule has 3 aromatic carbocycles. The van der Waals surface area contributed by atoms with Crippen molar-refractivity contribution in [3.63, 3.8) is 0 Å². The van der Waals surface area contributed by atoms with E-state index in [1.54, 1.807) is 7.11 Å². The monoisotopic (exact) mass is 452 g/mol. The third kappa shape index (κ3) is 4.41. The van der Waals surface area contributed by atoms with Crippen LogP contribution in [-0.2, 0) is 16.2 Å². The number of aromatic nitrogens is 2. The lowest BCUT2D eigenvalue weighted by Crippen LogP contribution is -2.34. The van der Waals surface area contributed by atoms with E-state index < -0.39 is 6.10 Å². The fourth-order valence-electron chi connectivity index (χ4n) is 3.95. The van der Waals surface area contributed by atoms with E-state index in [1.165, 1.54) is 0 Å². The molecule has 0 spiro atoms. The number of nitrogens with one attached hydrogen (secondary N) is 1.